The molecule has 4 heteroatoms. The van der Waals surface area contributed by atoms with Gasteiger partial charge in [-0.05, 0) is 0 Å². The molecule has 1 aromatic rings. The van der Waals surface area contributed by atoms with E-state index in [1.165, 1.54) is 14.0 Å². The summed E-state index contributed by atoms with van der Waals surface area (Å²) in [5, 5.41) is 3.60. The van der Waals surface area contributed by atoms with Crippen molar-refractivity contribution >= 4 is 5.78 Å². The largest absolute Gasteiger partial charge is 0.293 e. The van der Waals surface area contributed by atoms with E-state index in [9.17, 15) is 9.18 Å². The summed E-state index contributed by atoms with van der Waals surface area (Å²) in [5.74, 6) is -0.718. The van der Waals surface area contributed by atoms with Gasteiger partial charge in [-0.3, -0.25) is 4.79 Å². The van der Waals surface area contributed by atoms with Gasteiger partial charge in [0.15, 0.2) is 5.78 Å². The van der Waals surface area contributed by atoms with Crippen LogP contribution in [0.4, 0.5) is 4.39 Å². The molecule has 1 heterocycles. The van der Waals surface area contributed by atoms with Gasteiger partial charge in [0.05, 0.1) is 0 Å². The fourth-order valence-electron chi connectivity index (χ4n) is 0.617. The molecule has 0 saturated heterocycles. The number of carbonyl (C=O) groups is 1. The molecule has 0 unspecified atom stereocenters. The summed E-state index contributed by atoms with van der Waals surface area (Å²) in [7, 11) is 1.45. The first-order chi connectivity index (χ1) is 4.61. The number of hydrogen-bond donors (Lipinski definition) is 0. The van der Waals surface area contributed by atoms with E-state index in [1.807, 2.05) is 0 Å². The summed E-state index contributed by atoms with van der Waals surface area (Å²) in [4.78, 5) is 10.6. The fourth-order valence-corrected chi connectivity index (χ4v) is 0.617. The lowest BCUT2D eigenvalue weighted by molar-refractivity contribution is 0.101. The van der Waals surface area contributed by atoms with Gasteiger partial charge in [0.2, 0.25) is 5.95 Å². The van der Waals surface area contributed by atoms with Crippen LogP contribution in [0.3, 0.4) is 0 Å². The molecule has 0 aliphatic heterocycles. The number of halogens is 1. The molecule has 0 aliphatic rings. The summed E-state index contributed by atoms with van der Waals surface area (Å²) in [5.41, 5.74) is 0.167. The zero-order valence-electron chi connectivity index (χ0n) is 5.76. The van der Waals surface area contributed by atoms with E-state index in [0.717, 1.165) is 10.7 Å². The Morgan fingerprint density at radius 3 is 2.60 bits per heavy atom. The molecule has 0 N–H and O–H groups in total. The van der Waals surface area contributed by atoms with Crippen LogP contribution in [-0.2, 0) is 7.05 Å². The van der Waals surface area contributed by atoms with Crippen LogP contribution in [0.5, 0.6) is 0 Å². The van der Waals surface area contributed by atoms with E-state index in [2.05, 4.69) is 5.10 Å². The van der Waals surface area contributed by atoms with Crippen molar-refractivity contribution in [2.75, 3.05) is 0 Å². The maximum absolute atomic E-state index is 12.4. The number of hydrogen-bond acceptors (Lipinski definition) is 2. The molecular formula is C6H7FN2O. The molecule has 0 atom stereocenters. The summed E-state index contributed by atoms with van der Waals surface area (Å²) in [6, 6.07) is 1.11. The van der Waals surface area contributed by atoms with Crippen LogP contribution in [0.15, 0.2) is 6.07 Å². The van der Waals surface area contributed by atoms with Gasteiger partial charge in [0, 0.05) is 20.0 Å². The van der Waals surface area contributed by atoms with Crippen molar-refractivity contribution < 1.29 is 9.18 Å². The van der Waals surface area contributed by atoms with E-state index < -0.39 is 5.95 Å². The zero-order valence-corrected chi connectivity index (χ0v) is 5.76. The van der Waals surface area contributed by atoms with Crippen LogP contribution in [-0.4, -0.2) is 15.6 Å². The Kier molecular flexibility index (Phi) is 1.53. The molecule has 0 spiro atoms. The lowest BCUT2D eigenvalue weighted by Crippen LogP contribution is -1.96. The minimum absolute atomic E-state index is 0.167. The second kappa shape index (κ2) is 2.21. The molecule has 1 rings (SSSR count). The standard InChI is InChI=1S/C6H7FN2O/c1-4(10)5-3-6(7)9(2)8-5/h3H,1-2H3. The lowest BCUT2D eigenvalue weighted by atomic mass is 10.3. The molecule has 0 amide bonds. The molecule has 0 fully saturated rings. The average molecular weight is 142 g/mol. The third-order valence-electron chi connectivity index (χ3n) is 1.18. The molecule has 3 nitrogen and oxygen atoms in total. The summed E-state index contributed by atoms with van der Waals surface area (Å²) in [6.45, 7) is 1.35. The SMILES string of the molecule is CC(=O)c1cc(F)n(C)n1. The zero-order chi connectivity index (χ0) is 7.72. The predicted molar refractivity (Wildman–Crippen MR) is 33.2 cm³/mol. The minimum atomic E-state index is -0.495. The first-order valence-electron chi connectivity index (χ1n) is 2.81. The Labute approximate surface area is 57.5 Å². The first kappa shape index (κ1) is 6.92. The molecule has 54 valence electrons. The van der Waals surface area contributed by atoms with Crippen LogP contribution in [0.25, 0.3) is 0 Å². The van der Waals surface area contributed by atoms with Crippen molar-refractivity contribution in [2.45, 2.75) is 6.92 Å². The summed E-state index contributed by atoms with van der Waals surface area (Å²) >= 11 is 0. The molecule has 10 heavy (non-hydrogen) atoms. The maximum Gasteiger partial charge on any atom is 0.211 e. The van der Waals surface area contributed by atoms with E-state index in [-0.39, 0.29) is 11.5 Å². The van der Waals surface area contributed by atoms with Crippen LogP contribution in [0.2, 0.25) is 0 Å². The van der Waals surface area contributed by atoms with Gasteiger partial charge in [0.1, 0.15) is 5.69 Å². The van der Waals surface area contributed by atoms with Gasteiger partial charge in [-0.1, -0.05) is 0 Å². The van der Waals surface area contributed by atoms with Gasteiger partial charge in [-0.15, -0.1) is 0 Å². The minimum Gasteiger partial charge on any atom is -0.293 e. The number of Topliss-reactive ketones (excluding diaryl/α,β-unsaturated/α-hetero) is 1. The smallest absolute Gasteiger partial charge is 0.211 e. The number of ketones is 1. The van der Waals surface area contributed by atoms with E-state index in [4.69, 9.17) is 0 Å². The first-order valence-corrected chi connectivity index (χ1v) is 2.81. The molecule has 0 radical (unpaired) electrons. The molecule has 0 aliphatic carbocycles. The third-order valence-corrected chi connectivity index (χ3v) is 1.18. The van der Waals surface area contributed by atoms with E-state index >= 15 is 0 Å². The van der Waals surface area contributed by atoms with Crippen molar-refractivity contribution in [1.82, 2.24) is 9.78 Å². The molecule has 0 aromatic carbocycles. The van der Waals surface area contributed by atoms with Crippen molar-refractivity contribution in [3.8, 4) is 0 Å². The van der Waals surface area contributed by atoms with Gasteiger partial charge in [-0.25, -0.2) is 4.68 Å². The lowest BCUT2D eigenvalue weighted by Gasteiger charge is -1.85. The topological polar surface area (TPSA) is 34.9 Å². The molecular weight excluding hydrogens is 135 g/mol. The summed E-state index contributed by atoms with van der Waals surface area (Å²) in [6.07, 6.45) is 0. The molecule has 0 saturated carbocycles. The van der Waals surface area contributed by atoms with Crippen molar-refractivity contribution in [2.24, 2.45) is 7.05 Å². The third kappa shape index (κ3) is 1.05. The van der Waals surface area contributed by atoms with Gasteiger partial charge in [0.25, 0.3) is 0 Å². The second-order valence-electron chi connectivity index (χ2n) is 2.03. The average Bonchev–Trinajstić information content (AvgIpc) is 2.13. The van der Waals surface area contributed by atoms with E-state index in [1.54, 1.807) is 0 Å². The van der Waals surface area contributed by atoms with Crippen LogP contribution >= 0.6 is 0 Å². The maximum atomic E-state index is 12.4. The van der Waals surface area contributed by atoms with Gasteiger partial charge < -0.3 is 0 Å². The van der Waals surface area contributed by atoms with Crippen molar-refractivity contribution in [3.05, 3.63) is 17.7 Å². The monoisotopic (exact) mass is 142 g/mol. The van der Waals surface area contributed by atoms with Gasteiger partial charge >= 0.3 is 0 Å². The highest BCUT2D eigenvalue weighted by atomic mass is 19.1. The number of nitrogens with zero attached hydrogens (tertiary/aromatic N) is 2. The predicted octanol–water partition coefficient (Wildman–Crippen LogP) is 0.762. The number of rotatable bonds is 1. The normalized spacial score (nSPS) is 9.90. The second-order valence-corrected chi connectivity index (χ2v) is 2.03. The number of aromatic nitrogens is 2. The fraction of sp³-hybridized carbons (Fsp3) is 0.333. The van der Waals surface area contributed by atoms with Crippen LogP contribution < -0.4 is 0 Å². The quantitative estimate of drug-likeness (QED) is 0.542. The Bertz CT molecular complexity index is 247. The Morgan fingerprint density at radius 2 is 2.40 bits per heavy atom. The Balaban J connectivity index is 3.10. The highest BCUT2D eigenvalue weighted by molar-refractivity contribution is 5.91. The molecule has 1 aromatic heterocycles. The molecule has 0 bridgehead atoms. The van der Waals surface area contributed by atoms with Crippen molar-refractivity contribution in [3.63, 3.8) is 0 Å². The van der Waals surface area contributed by atoms with Gasteiger partial charge in [-0.2, -0.15) is 9.49 Å². The van der Waals surface area contributed by atoms with E-state index in [0.29, 0.717) is 0 Å². The Hall–Kier alpha value is -1.19. The van der Waals surface area contributed by atoms with Crippen LogP contribution in [0.1, 0.15) is 17.4 Å². The highest BCUT2D eigenvalue weighted by Crippen LogP contribution is 2.00. The Morgan fingerprint density at radius 1 is 1.80 bits per heavy atom. The number of aryl methyl sites for hydroxylation is 1. The van der Waals surface area contributed by atoms with Crippen LogP contribution in [0, 0.1) is 5.95 Å². The summed E-state index contributed by atoms with van der Waals surface area (Å²) < 4.78 is 13.5. The highest BCUT2D eigenvalue weighted by Gasteiger charge is 2.06. The van der Waals surface area contributed by atoms with Crippen molar-refractivity contribution in [1.29, 1.82) is 0 Å². The number of carbonyl (C=O) groups excluding carboxylic acids is 1.